The molecule has 2 aliphatic rings. The van der Waals surface area contributed by atoms with Crippen molar-refractivity contribution in [2.45, 2.75) is 26.4 Å². The smallest absolute Gasteiger partial charge is 0.410 e. The van der Waals surface area contributed by atoms with E-state index in [1.54, 1.807) is 9.80 Å². The van der Waals surface area contributed by atoms with E-state index in [-0.39, 0.29) is 17.9 Å². The molecule has 8 heteroatoms. The molecule has 2 heterocycles. The van der Waals surface area contributed by atoms with Gasteiger partial charge in [-0.3, -0.25) is 9.59 Å². The Balaban J connectivity index is 1.53. The van der Waals surface area contributed by atoms with Gasteiger partial charge >= 0.3 is 6.09 Å². The quantitative estimate of drug-likeness (QED) is 0.733. The molecule has 0 spiro atoms. The van der Waals surface area contributed by atoms with Gasteiger partial charge in [0.05, 0.1) is 0 Å². The molecule has 2 aromatic rings. The van der Waals surface area contributed by atoms with Crippen molar-refractivity contribution in [3.63, 3.8) is 0 Å². The number of nitrogens with zero attached hydrogens (tertiary/aromatic N) is 3. The van der Waals surface area contributed by atoms with Gasteiger partial charge in [-0.1, -0.05) is 36.4 Å². The molecule has 0 saturated carbocycles. The van der Waals surface area contributed by atoms with Crippen LogP contribution in [0.1, 0.15) is 41.5 Å². The number of piperazine rings is 2. The van der Waals surface area contributed by atoms with Crippen LogP contribution < -0.4 is 5.32 Å². The lowest BCUT2D eigenvalue weighted by atomic mass is 9.94. The van der Waals surface area contributed by atoms with Gasteiger partial charge < -0.3 is 24.8 Å². The first-order valence-corrected chi connectivity index (χ1v) is 12.2. The molecule has 1 N–H and O–H groups in total. The summed E-state index contributed by atoms with van der Waals surface area (Å²) in [7, 11) is 0. The van der Waals surface area contributed by atoms with Crippen molar-refractivity contribution in [2.75, 3.05) is 52.4 Å². The summed E-state index contributed by atoms with van der Waals surface area (Å²) in [5.41, 5.74) is 2.10. The normalized spacial score (nSPS) is 16.7. The summed E-state index contributed by atoms with van der Waals surface area (Å²) in [6.07, 6.45) is -0.356. The van der Waals surface area contributed by atoms with Gasteiger partial charge in [0.25, 0.3) is 11.8 Å². The summed E-state index contributed by atoms with van der Waals surface area (Å²) >= 11 is 0. The SMILES string of the molecule is CC(C)(C)OC(=O)N1CCN(C(=O)c2ccccc2-c2ccccc2C(=O)N2CCNCC2)CC1. The fourth-order valence-electron chi connectivity index (χ4n) is 4.44. The summed E-state index contributed by atoms with van der Waals surface area (Å²) in [5, 5.41) is 3.27. The lowest BCUT2D eigenvalue weighted by molar-refractivity contribution is 0.0141. The maximum Gasteiger partial charge on any atom is 0.410 e. The second-order valence-electron chi connectivity index (χ2n) is 9.89. The number of carbonyl (C=O) groups excluding carboxylic acids is 3. The Bertz CT molecular complexity index is 1080. The van der Waals surface area contributed by atoms with Gasteiger partial charge in [0.2, 0.25) is 0 Å². The average molecular weight is 479 g/mol. The van der Waals surface area contributed by atoms with E-state index >= 15 is 0 Å². The molecule has 3 amide bonds. The molecule has 0 unspecified atom stereocenters. The van der Waals surface area contributed by atoms with Crippen LogP contribution in [0.2, 0.25) is 0 Å². The van der Waals surface area contributed by atoms with Gasteiger partial charge in [-0.25, -0.2) is 4.79 Å². The number of nitrogens with one attached hydrogen (secondary N) is 1. The molecular weight excluding hydrogens is 444 g/mol. The van der Waals surface area contributed by atoms with Crippen molar-refractivity contribution in [3.8, 4) is 11.1 Å². The second kappa shape index (κ2) is 10.5. The standard InChI is InChI=1S/C27H34N4O4/c1-27(2,3)35-26(34)31-18-16-30(17-19-31)25(33)23-11-7-5-9-21(23)20-8-4-6-10-22(20)24(32)29-14-12-28-13-15-29/h4-11,28H,12-19H2,1-3H3. The van der Waals surface area contributed by atoms with E-state index in [1.165, 1.54) is 0 Å². The van der Waals surface area contributed by atoms with E-state index in [4.69, 9.17) is 4.74 Å². The van der Waals surface area contributed by atoms with E-state index in [9.17, 15) is 14.4 Å². The van der Waals surface area contributed by atoms with Crippen LogP contribution in [0, 0.1) is 0 Å². The molecule has 0 bridgehead atoms. The zero-order chi connectivity index (χ0) is 25.0. The third-order valence-electron chi connectivity index (χ3n) is 6.23. The van der Waals surface area contributed by atoms with Crippen molar-refractivity contribution in [2.24, 2.45) is 0 Å². The van der Waals surface area contributed by atoms with E-state index < -0.39 is 5.60 Å². The Morgan fingerprint density at radius 1 is 0.686 bits per heavy atom. The van der Waals surface area contributed by atoms with Crippen LogP contribution in [0.25, 0.3) is 11.1 Å². The van der Waals surface area contributed by atoms with Crippen LogP contribution in [0.5, 0.6) is 0 Å². The van der Waals surface area contributed by atoms with Crippen molar-refractivity contribution in [1.29, 1.82) is 0 Å². The summed E-state index contributed by atoms with van der Waals surface area (Å²) in [6, 6.07) is 14.9. The lowest BCUT2D eigenvalue weighted by Gasteiger charge is -2.36. The molecule has 2 aromatic carbocycles. The summed E-state index contributed by atoms with van der Waals surface area (Å²) in [4.78, 5) is 44.6. The highest BCUT2D eigenvalue weighted by molar-refractivity contribution is 6.06. The first-order valence-electron chi connectivity index (χ1n) is 12.2. The van der Waals surface area contributed by atoms with Crippen LogP contribution in [0.4, 0.5) is 4.79 Å². The van der Waals surface area contributed by atoms with Gasteiger partial charge in [-0.05, 0) is 44.0 Å². The fourth-order valence-corrected chi connectivity index (χ4v) is 4.44. The molecule has 2 aliphatic heterocycles. The Kier molecular flexibility index (Phi) is 7.40. The van der Waals surface area contributed by atoms with Crippen LogP contribution in [-0.4, -0.2) is 90.6 Å². The first kappa shape index (κ1) is 24.7. The Morgan fingerprint density at radius 2 is 1.11 bits per heavy atom. The molecule has 186 valence electrons. The average Bonchev–Trinajstić information content (AvgIpc) is 2.87. The van der Waals surface area contributed by atoms with Crippen LogP contribution >= 0.6 is 0 Å². The number of rotatable bonds is 3. The predicted molar refractivity (Wildman–Crippen MR) is 134 cm³/mol. The summed E-state index contributed by atoms with van der Waals surface area (Å²) in [6.45, 7) is 10.1. The second-order valence-corrected chi connectivity index (χ2v) is 9.89. The zero-order valence-corrected chi connectivity index (χ0v) is 20.8. The van der Waals surface area contributed by atoms with Gasteiger partial charge in [-0.2, -0.15) is 0 Å². The molecular formula is C27H34N4O4. The molecule has 0 aromatic heterocycles. The number of hydrogen-bond donors (Lipinski definition) is 1. The molecule has 4 rings (SSSR count). The number of carbonyl (C=O) groups is 3. The first-order chi connectivity index (χ1) is 16.7. The minimum Gasteiger partial charge on any atom is -0.444 e. The molecule has 8 nitrogen and oxygen atoms in total. The number of benzene rings is 2. The molecule has 2 fully saturated rings. The number of amides is 3. The zero-order valence-electron chi connectivity index (χ0n) is 20.8. The van der Waals surface area contributed by atoms with Gasteiger partial charge in [0.1, 0.15) is 5.60 Å². The minimum atomic E-state index is -0.557. The van der Waals surface area contributed by atoms with Crippen LogP contribution in [-0.2, 0) is 4.74 Å². The Morgan fingerprint density at radius 3 is 1.60 bits per heavy atom. The highest BCUT2D eigenvalue weighted by atomic mass is 16.6. The Hall–Kier alpha value is -3.39. The number of hydrogen-bond acceptors (Lipinski definition) is 5. The summed E-state index contributed by atoms with van der Waals surface area (Å²) < 4.78 is 5.46. The van der Waals surface area contributed by atoms with Gasteiger partial charge in [-0.15, -0.1) is 0 Å². The maximum absolute atomic E-state index is 13.6. The van der Waals surface area contributed by atoms with Crippen LogP contribution in [0.15, 0.2) is 48.5 Å². The van der Waals surface area contributed by atoms with Crippen molar-refractivity contribution in [1.82, 2.24) is 20.0 Å². The van der Waals surface area contributed by atoms with Crippen molar-refractivity contribution < 1.29 is 19.1 Å². The topological polar surface area (TPSA) is 82.2 Å². The molecule has 0 atom stereocenters. The highest BCUT2D eigenvalue weighted by Crippen LogP contribution is 2.29. The number of ether oxygens (including phenoxy) is 1. The van der Waals surface area contributed by atoms with Gasteiger partial charge in [0, 0.05) is 63.5 Å². The molecule has 0 radical (unpaired) electrons. The molecule has 0 aliphatic carbocycles. The Labute approximate surface area is 206 Å². The third-order valence-corrected chi connectivity index (χ3v) is 6.23. The third kappa shape index (κ3) is 5.82. The maximum atomic E-state index is 13.6. The van der Waals surface area contributed by atoms with E-state index in [1.807, 2.05) is 74.2 Å². The summed E-state index contributed by atoms with van der Waals surface area (Å²) in [5.74, 6) is -0.121. The monoisotopic (exact) mass is 478 g/mol. The van der Waals surface area contributed by atoms with E-state index in [0.29, 0.717) is 50.4 Å². The van der Waals surface area contributed by atoms with Crippen molar-refractivity contribution in [3.05, 3.63) is 59.7 Å². The van der Waals surface area contributed by atoms with Crippen molar-refractivity contribution >= 4 is 17.9 Å². The largest absolute Gasteiger partial charge is 0.444 e. The predicted octanol–water partition coefficient (Wildman–Crippen LogP) is 3.09. The van der Waals surface area contributed by atoms with E-state index in [0.717, 1.165) is 24.2 Å². The minimum absolute atomic E-state index is 0.0182. The molecule has 2 saturated heterocycles. The lowest BCUT2D eigenvalue weighted by Crippen LogP contribution is -2.51. The van der Waals surface area contributed by atoms with Crippen LogP contribution in [0.3, 0.4) is 0 Å². The van der Waals surface area contributed by atoms with E-state index in [2.05, 4.69) is 5.32 Å². The highest BCUT2D eigenvalue weighted by Gasteiger charge is 2.29. The fraction of sp³-hybridized carbons (Fsp3) is 0.444. The molecule has 35 heavy (non-hydrogen) atoms. The van der Waals surface area contributed by atoms with Gasteiger partial charge in [0.15, 0.2) is 0 Å².